The van der Waals surface area contributed by atoms with Crippen LogP contribution in [0.2, 0.25) is 0 Å². The fraction of sp³-hybridized carbons (Fsp3) is 0.714. The highest BCUT2D eigenvalue weighted by molar-refractivity contribution is 4.77. The quantitative estimate of drug-likeness (QED) is 0.453. The standard InChI is InChI=1S/C7H15NO2/c1-4-5-6(8)7(9-2)10-3/h4,6-7H,1,5,8H2,2-3H3. The Labute approximate surface area is 61.8 Å². The summed E-state index contributed by atoms with van der Waals surface area (Å²) in [6.07, 6.45) is 2.13. The Kier molecular flexibility index (Phi) is 5.20. The van der Waals surface area contributed by atoms with Crippen molar-refractivity contribution in [2.24, 2.45) is 5.73 Å². The molecule has 0 radical (unpaired) electrons. The minimum absolute atomic E-state index is 0.118. The molecule has 0 rings (SSSR count). The molecule has 0 heterocycles. The fourth-order valence-electron chi connectivity index (χ4n) is 0.749. The predicted molar refractivity (Wildman–Crippen MR) is 40.6 cm³/mol. The van der Waals surface area contributed by atoms with Crippen molar-refractivity contribution in [3.8, 4) is 0 Å². The number of hydrogen-bond acceptors (Lipinski definition) is 3. The average Bonchev–Trinajstić information content (AvgIpc) is 1.91. The van der Waals surface area contributed by atoms with Gasteiger partial charge in [0.15, 0.2) is 6.29 Å². The van der Waals surface area contributed by atoms with Gasteiger partial charge in [-0.15, -0.1) is 6.58 Å². The van der Waals surface area contributed by atoms with E-state index < -0.39 is 0 Å². The highest BCUT2D eigenvalue weighted by Gasteiger charge is 2.13. The maximum atomic E-state index is 5.63. The molecule has 3 nitrogen and oxygen atoms in total. The van der Waals surface area contributed by atoms with Crippen LogP contribution in [0.25, 0.3) is 0 Å². The second-order valence-corrected chi connectivity index (χ2v) is 2.03. The summed E-state index contributed by atoms with van der Waals surface area (Å²) in [5, 5.41) is 0. The van der Waals surface area contributed by atoms with Gasteiger partial charge in [-0.1, -0.05) is 6.08 Å². The molecule has 10 heavy (non-hydrogen) atoms. The third-order valence-corrected chi connectivity index (χ3v) is 1.25. The molecule has 0 aliphatic heterocycles. The Morgan fingerprint density at radius 2 is 2.00 bits per heavy atom. The minimum Gasteiger partial charge on any atom is -0.354 e. The smallest absolute Gasteiger partial charge is 0.172 e. The Bertz CT molecular complexity index is 91.6. The van der Waals surface area contributed by atoms with E-state index in [1.165, 1.54) is 0 Å². The SMILES string of the molecule is C=CCC(N)C(OC)OC. The Balaban J connectivity index is 3.63. The van der Waals surface area contributed by atoms with E-state index >= 15 is 0 Å². The van der Waals surface area contributed by atoms with Crippen LogP contribution in [0.4, 0.5) is 0 Å². The minimum atomic E-state index is -0.321. The van der Waals surface area contributed by atoms with Crippen LogP contribution < -0.4 is 5.73 Å². The lowest BCUT2D eigenvalue weighted by atomic mass is 10.2. The molecular weight excluding hydrogens is 130 g/mol. The van der Waals surface area contributed by atoms with E-state index in [4.69, 9.17) is 15.2 Å². The van der Waals surface area contributed by atoms with Crippen LogP contribution in [-0.2, 0) is 9.47 Å². The summed E-state index contributed by atoms with van der Waals surface area (Å²) in [7, 11) is 3.13. The van der Waals surface area contributed by atoms with E-state index in [0.717, 1.165) is 0 Å². The van der Waals surface area contributed by atoms with Gasteiger partial charge in [0.05, 0.1) is 6.04 Å². The molecule has 1 atom stereocenters. The average molecular weight is 145 g/mol. The Hall–Kier alpha value is -0.380. The number of rotatable bonds is 5. The normalized spacial score (nSPS) is 13.6. The number of ether oxygens (including phenoxy) is 2. The van der Waals surface area contributed by atoms with E-state index in [-0.39, 0.29) is 12.3 Å². The predicted octanol–water partition coefficient (Wildman–Crippen LogP) is 0.509. The Morgan fingerprint density at radius 3 is 2.30 bits per heavy atom. The molecule has 0 saturated carbocycles. The molecule has 0 aliphatic carbocycles. The van der Waals surface area contributed by atoms with Crippen LogP contribution in [0.5, 0.6) is 0 Å². The van der Waals surface area contributed by atoms with Gasteiger partial charge in [-0.25, -0.2) is 0 Å². The van der Waals surface area contributed by atoms with Gasteiger partial charge >= 0.3 is 0 Å². The molecule has 0 aromatic heterocycles. The van der Waals surface area contributed by atoms with Crippen LogP contribution in [0.1, 0.15) is 6.42 Å². The molecule has 1 unspecified atom stereocenters. The topological polar surface area (TPSA) is 44.5 Å². The van der Waals surface area contributed by atoms with Gasteiger partial charge in [-0.2, -0.15) is 0 Å². The second kappa shape index (κ2) is 5.41. The molecule has 0 aromatic carbocycles. The molecule has 60 valence electrons. The fourth-order valence-corrected chi connectivity index (χ4v) is 0.749. The third-order valence-electron chi connectivity index (χ3n) is 1.25. The molecule has 0 spiro atoms. The lowest BCUT2D eigenvalue weighted by Gasteiger charge is -2.19. The van der Waals surface area contributed by atoms with Gasteiger partial charge in [0.2, 0.25) is 0 Å². The van der Waals surface area contributed by atoms with Crippen molar-refractivity contribution in [3.05, 3.63) is 12.7 Å². The third kappa shape index (κ3) is 2.96. The summed E-state index contributed by atoms with van der Waals surface area (Å²) >= 11 is 0. The summed E-state index contributed by atoms with van der Waals surface area (Å²) in [5.74, 6) is 0. The molecular formula is C7H15NO2. The summed E-state index contributed by atoms with van der Waals surface area (Å²) in [4.78, 5) is 0. The first-order valence-corrected chi connectivity index (χ1v) is 3.18. The molecule has 3 heteroatoms. The van der Waals surface area contributed by atoms with E-state index in [2.05, 4.69) is 6.58 Å². The van der Waals surface area contributed by atoms with E-state index in [1.807, 2.05) is 0 Å². The maximum absolute atomic E-state index is 5.63. The lowest BCUT2D eigenvalue weighted by Crippen LogP contribution is -2.36. The molecule has 0 amide bonds. The van der Waals surface area contributed by atoms with Crippen LogP contribution >= 0.6 is 0 Å². The first-order chi connectivity index (χ1) is 4.76. The zero-order valence-corrected chi connectivity index (χ0v) is 6.54. The molecule has 0 saturated heterocycles. The van der Waals surface area contributed by atoms with Gasteiger partial charge in [0, 0.05) is 14.2 Å². The lowest BCUT2D eigenvalue weighted by molar-refractivity contribution is -0.115. The van der Waals surface area contributed by atoms with Crippen molar-refractivity contribution in [3.63, 3.8) is 0 Å². The molecule has 0 bridgehead atoms. The largest absolute Gasteiger partial charge is 0.354 e. The van der Waals surface area contributed by atoms with Crippen molar-refractivity contribution >= 4 is 0 Å². The van der Waals surface area contributed by atoms with Gasteiger partial charge in [0.1, 0.15) is 0 Å². The Morgan fingerprint density at radius 1 is 1.50 bits per heavy atom. The van der Waals surface area contributed by atoms with Gasteiger partial charge < -0.3 is 15.2 Å². The molecule has 2 N–H and O–H groups in total. The zero-order valence-electron chi connectivity index (χ0n) is 6.54. The number of hydrogen-bond donors (Lipinski definition) is 1. The van der Waals surface area contributed by atoms with E-state index in [1.54, 1.807) is 20.3 Å². The van der Waals surface area contributed by atoms with Gasteiger partial charge in [-0.3, -0.25) is 0 Å². The van der Waals surface area contributed by atoms with Gasteiger partial charge in [0.25, 0.3) is 0 Å². The summed E-state index contributed by atoms with van der Waals surface area (Å²) in [6.45, 7) is 3.56. The summed E-state index contributed by atoms with van der Waals surface area (Å²) < 4.78 is 9.84. The van der Waals surface area contributed by atoms with Crippen LogP contribution in [-0.4, -0.2) is 26.6 Å². The molecule has 0 fully saturated rings. The van der Waals surface area contributed by atoms with Gasteiger partial charge in [-0.05, 0) is 6.42 Å². The molecule has 0 aromatic rings. The molecule has 0 aliphatic rings. The van der Waals surface area contributed by atoms with Crippen LogP contribution in [0.3, 0.4) is 0 Å². The van der Waals surface area contributed by atoms with Crippen molar-refractivity contribution in [2.75, 3.05) is 14.2 Å². The van der Waals surface area contributed by atoms with Crippen molar-refractivity contribution in [1.82, 2.24) is 0 Å². The van der Waals surface area contributed by atoms with E-state index in [0.29, 0.717) is 6.42 Å². The van der Waals surface area contributed by atoms with Crippen molar-refractivity contribution in [1.29, 1.82) is 0 Å². The van der Waals surface area contributed by atoms with Crippen LogP contribution in [0, 0.1) is 0 Å². The maximum Gasteiger partial charge on any atom is 0.172 e. The van der Waals surface area contributed by atoms with E-state index in [9.17, 15) is 0 Å². The summed E-state index contributed by atoms with van der Waals surface area (Å²) in [6, 6.07) is -0.118. The van der Waals surface area contributed by atoms with Crippen LogP contribution in [0.15, 0.2) is 12.7 Å². The first kappa shape index (κ1) is 9.62. The van der Waals surface area contributed by atoms with Crippen molar-refractivity contribution < 1.29 is 9.47 Å². The highest BCUT2D eigenvalue weighted by Crippen LogP contribution is 2.00. The van der Waals surface area contributed by atoms with Crippen molar-refractivity contribution in [2.45, 2.75) is 18.8 Å². The number of methoxy groups -OCH3 is 2. The zero-order chi connectivity index (χ0) is 7.98. The second-order valence-electron chi connectivity index (χ2n) is 2.03. The summed E-state index contributed by atoms with van der Waals surface area (Å²) in [5.41, 5.74) is 5.63. The number of nitrogens with two attached hydrogens (primary N) is 1. The first-order valence-electron chi connectivity index (χ1n) is 3.18. The highest BCUT2D eigenvalue weighted by atomic mass is 16.7. The monoisotopic (exact) mass is 145 g/mol.